The molecular formula is C13H25NO. The molecule has 2 heteroatoms. The van der Waals surface area contributed by atoms with Crippen LogP contribution < -0.4 is 5.73 Å². The van der Waals surface area contributed by atoms with Crippen LogP contribution >= 0.6 is 0 Å². The Morgan fingerprint density at radius 1 is 1.40 bits per heavy atom. The third kappa shape index (κ3) is 5.12. The lowest BCUT2D eigenvalue weighted by Crippen LogP contribution is -2.35. The average Bonchev–Trinajstić information content (AvgIpc) is 2.27. The van der Waals surface area contributed by atoms with Crippen molar-refractivity contribution in [2.45, 2.75) is 52.4 Å². The number of ketones is 1. The summed E-state index contributed by atoms with van der Waals surface area (Å²) in [5.41, 5.74) is 5.34. The summed E-state index contributed by atoms with van der Waals surface area (Å²) < 4.78 is 0. The number of carbonyl (C=O) groups is 1. The first-order valence-electron chi connectivity index (χ1n) is 5.95. The lowest BCUT2D eigenvalue weighted by atomic mass is 9.81. The third-order valence-electron chi connectivity index (χ3n) is 3.22. The van der Waals surface area contributed by atoms with Crippen LogP contribution in [0.2, 0.25) is 0 Å². The molecule has 0 spiro atoms. The Hall–Kier alpha value is -0.630. The number of hydrogen-bond donors (Lipinski definition) is 1. The van der Waals surface area contributed by atoms with Crippen LogP contribution in [0.15, 0.2) is 12.7 Å². The van der Waals surface area contributed by atoms with Gasteiger partial charge in [-0.05, 0) is 25.7 Å². The minimum atomic E-state index is -0.293. The molecule has 0 aromatic carbocycles. The van der Waals surface area contributed by atoms with E-state index in [4.69, 9.17) is 5.73 Å². The molecule has 0 bridgehead atoms. The Kier molecular flexibility index (Phi) is 7.31. The van der Waals surface area contributed by atoms with Gasteiger partial charge < -0.3 is 5.73 Å². The Morgan fingerprint density at radius 3 is 2.53 bits per heavy atom. The first-order chi connectivity index (χ1) is 7.10. The van der Waals surface area contributed by atoms with Gasteiger partial charge in [0.05, 0.1) is 0 Å². The smallest absolute Gasteiger partial charge is 0.140 e. The van der Waals surface area contributed by atoms with E-state index in [1.807, 2.05) is 19.9 Å². The topological polar surface area (TPSA) is 43.1 Å². The van der Waals surface area contributed by atoms with E-state index in [9.17, 15) is 4.79 Å². The molecule has 0 aromatic heterocycles. The maximum absolute atomic E-state index is 11.9. The zero-order valence-electron chi connectivity index (χ0n) is 10.2. The van der Waals surface area contributed by atoms with Gasteiger partial charge in [-0.1, -0.05) is 26.3 Å². The molecular weight excluding hydrogens is 186 g/mol. The number of hydrogen-bond acceptors (Lipinski definition) is 2. The Balaban J connectivity index is 3.77. The third-order valence-corrected chi connectivity index (χ3v) is 3.22. The van der Waals surface area contributed by atoms with Gasteiger partial charge in [0.2, 0.25) is 0 Å². The van der Waals surface area contributed by atoms with E-state index in [0.717, 1.165) is 32.1 Å². The van der Waals surface area contributed by atoms with E-state index in [0.29, 0.717) is 18.7 Å². The highest BCUT2D eigenvalue weighted by molar-refractivity contribution is 5.84. The Labute approximate surface area is 93.9 Å². The summed E-state index contributed by atoms with van der Waals surface area (Å²) in [5.74, 6) is 0.325. The highest BCUT2D eigenvalue weighted by Crippen LogP contribution is 2.23. The van der Waals surface area contributed by atoms with E-state index in [2.05, 4.69) is 6.58 Å². The normalized spacial score (nSPS) is 14.6. The minimum absolute atomic E-state index is 0.293. The second-order valence-corrected chi connectivity index (χ2v) is 4.43. The van der Waals surface area contributed by atoms with Crippen LogP contribution in [0.1, 0.15) is 52.4 Å². The van der Waals surface area contributed by atoms with Gasteiger partial charge in [0, 0.05) is 18.4 Å². The van der Waals surface area contributed by atoms with Gasteiger partial charge in [0.25, 0.3) is 0 Å². The fourth-order valence-corrected chi connectivity index (χ4v) is 1.51. The molecule has 2 N–H and O–H groups in total. The lowest BCUT2D eigenvalue weighted by molar-refractivity contribution is -0.127. The van der Waals surface area contributed by atoms with Crippen LogP contribution in [-0.4, -0.2) is 12.3 Å². The molecule has 0 fully saturated rings. The van der Waals surface area contributed by atoms with Crippen molar-refractivity contribution < 1.29 is 4.79 Å². The van der Waals surface area contributed by atoms with Crippen LogP contribution in [0.3, 0.4) is 0 Å². The quantitative estimate of drug-likeness (QED) is 0.470. The van der Waals surface area contributed by atoms with Crippen molar-refractivity contribution in [1.29, 1.82) is 0 Å². The van der Waals surface area contributed by atoms with Gasteiger partial charge in [0.15, 0.2) is 0 Å². The SMILES string of the molecule is C=CCCCCCC(=O)C(C)(CC)CN. The second-order valence-electron chi connectivity index (χ2n) is 4.43. The van der Waals surface area contributed by atoms with Crippen molar-refractivity contribution in [3.8, 4) is 0 Å². The van der Waals surface area contributed by atoms with Gasteiger partial charge in [-0.3, -0.25) is 4.79 Å². The molecule has 1 atom stereocenters. The molecule has 0 radical (unpaired) electrons. The predicted octanol–water partition coefficient (Wildman–Crippen LogP) is 3.07. The van der Waals surface area contributed by atoms with Crippen molar-refractivity contribution in [1.82, 2.24) is 0 Å². The summed E-state index contributed by atoms with van der Waals surface area (Å²) in [4.78, 5) is 11.9. The van der Waals surface area contributed by atoms with Crippen LogP contribution in [0.5, 0.6) is 0 Å². The summed E-state index contributed by atoms with van der Waals surface area (Å²) in [5, 5.41) is 0. The predicted molar refractivity (Wildman–Crippen MR) is 65.7 cm³/mol. The van der Waals surface area contributed by atoms with Gasteiger partial charge >= 0.3 is 0 Å². The number of nitrogens with two attached hydrogens (primary N) is 1. The number of unbranched alkanes of at least 4 members (excludes halogenated alkanes) is 3. The maximum Gasteiger partial charge on any atom is 0.140 e. The molecule has 0 aliphatic carbocycles. The van der Waals surface area contributed by atoms with E-state index >= 15 is 0 Å². The zero-order valence-corrected chi connectivity index (χ0v) is 10.2. The first kappa shape index (κ1) is 14.4. The van der Waals surface area contributed by atoms with Crippen LogP contribution in [0.25, 0.3) is 0 Å². The van der Waals surface area contributed by atoms with E-state index in [1.54, 1.807) is 0 Å². The number of allylic oxidation sites excluding steroid dienone is 1. The lowest BCUT2D eigenvalue weighted by Gasteiger charge is -2.24. The summed E-state index contributed by atoms with van der Waals surface area (Å²) in [6.07, 6.45) is 7.74. The number of rotatable bonds is 9. The Bertz CT molecular complexity index is 195. The van der Waals surface area contributed by atoms with Crippen LogP contribution in [0, 0.1) is 5.41 Å². The van der Waals surface area contributed by atoms with Crippen LogP contribution in [0.4, 0.5) is 0 Å². The molecule has 0 saturated carbocycles. The summed E-state index contributed by atoms with van der Waals surface area (Å²) in [6.45, 7) is 8.14. The number of Topliss-reactive ketones (excluding diaryl/α,β-unsaturated/α-hetero) is 1. The van der Waals surface area contributed by atoms with E-state index in [1.165, 1.54) is 0 Å². The fourth-order valence-electron chi connectivity index (χ4n) is 1.51. The molecule has 15 heavy (non-hydrogen) atoms. The van der Waals surface area contributed by atoms with E-state index in [-0.39, 0.29) is 5.41 Å². The molecule has 0 heterocycles. The van der Waals surface area contributed by atoms with Gasteiger partial charge in [-0.2, -0.15) is 0 Å². The molecule has 0 rings (SSSR count). The largest absolute Gasteiger partial charge is 0.329 e. The second kappa shape index (κ2) is 7.63. The average molecular weight is 211 g/mol. The van der Waals surface area contributed by atoms with Crippen LogP contribution in [-0.2, 0) is 4.79 Å². The summed E-state index contributed by atoms with van der Waals surface area (Å²) in [6, 6.07) is 0. The van der Waals surface area contributed by atoms with Crippen molar-refractivity contribution in [2.75, 3.05) is 6.54 Å². The molecule has 0 saturated heterocycles. The zero-order chi connectivity index (χ0) is 11.7. The van der Waals surface area contributed by atoms with Gasteiger partial charge in [-0.25, -0.2) is 0 Å². The fraction of sp³-hybridized carbons (Fsp3) is 0.769. The van der Waals surface area contributed by atoms with E-state index < -0.39 is 0 Å². The minimum Gasteiger partial charge on any atom is -0.329 e. The van der Waals surface area contributed by atoms with Crippen molar-refractivity contribution in [3.63, 3.8) is 0 Å². The van der Waals surface area contributed by atoms with Gasteiger partial charge in [-0.15, -0.1) is 6.58 Å². The molecule has 1 unspecified atom stereocenters. The molecule has 0 aliphatic heterocycles. The van der Waals surface area contributed by atoms with Crippen molar-refractivity contribution in [2.24, 2.45) is 11.1 Å². The highest BCUT2D eigenvalue weighted by atomic mass is 16.1. The van der Waals surface area contributed by atoms with Gasteiger partial charge in [0.1, 0.15) is 5.78 Å². The first-order valence-corrected chi connectivity index (χ1v) is 5.95. The van der Waals surface area contributed by atoms with Crippen molar-refractivity contribution >= 4 is 5.78 Å². The maximum atomic E-state index is 11.9. The Morgan fingerprint density at radius 2 is 2.07 bits per heavy atom. The monoisotopic (exact) mass is 211 g/mol. The molecule has 2 nitrogen and oxygen atoms in total. The van der Waals surface area contributed by atoms with Crippen molar-refractivity contribution in [3.05, 3.63) is 12.7 Å². The molecule has 88 valence electrons. The molecule has 0 aromatic rings. The summed E-state index contributed by atoms with van der Waals surface area (Å²) in [7, 11) is 0. The standard InChI is InChI=1S/C13H25NO/c1-4-6-7-8-9-10-12(15)13(3,5-2)11-14/h4H,1,5-11,14H2,2-3H3. The summed E-state index contributed by atoms with van der Waals surface area (Å²) >= 11 is 0. The molecule has 0 amide bonds. The highest BCUT2D eigenvalue weighted by Gasteiger charge is 2.28. The molecule has 0 aliphatic rings. The number of carbonyl (C=O) groups excluding carboxylic acids is 1.